The van der Waals surface area contributed by atoms with Gasteiger partial charge in [0.25, 0.3) is 0 Å². The molecule has 7 nitrogen and oxygen atoms in total. The third-order valence-corrected chi connectivity index (χ3v) is 7.69. The van der Waals surface area contributed by atoms with E-state index in [1.165, 1.54) is 16.7 Å². The molecule has 0 bridgehead atoms. The number of aryl methyl sites for hydroxylation is 3. The van der Waals surface area contributed by atoms with Crippen molar-refractivity contribution in [2.75, 3.05) is 45.1 Å². The zero-order valence-corrected chi connectivity index (χ0v) is 23.5. The highest BCUT2D eigenvalue weighted by molar-refractivity contribution is 5.97. The molecule has 2 heterocycles. The number of piperazine rings is 1. The van der Waals surface area contributed by atoms with Crippen LogP contribution in [0.2, 0.25) is 0 Å². The summed E-state index contributed by atoms with van der Waals surface area (Å²) in [7, 11) is 2.17. The number of Topliss-reactive ketones (excluding diaryl/α,β-unsaturated/α-hetero) is 1. The molecular weight excluding hydrogens is 484 g/mol. The van der Waals surface area contributed by atoms with Crippen molar-refractivity contribution in [3.63, 3.8) is 0 Å². The van der Waals surface area contributed by atoms with Gasteiger partial charge in [0.2, 0.25) is 5.95 Å². The number of nitrogens with zero attached hydrogens (tertiary/aromatic N) is 5. The van der Waals surface area contributed by atoms with Crippen molar-refractivity contribution in [3.05, 3.63) is 76.9 Å². The van der Waals surface area contributed by atoms with Gasteiger partial charge in [0, 0.05) is 43.9 Å². The molecule has 7 heteroatoms. The van der Waals surface area contributed by atoms with Crippen LogP contribution in [0.1, 0.15) is 46.3 Å². The molecule has 5 rings (SSSR count). The van der Waals surface area contributed by atoms with Crippen molar-refractivity contribution < 1.29 is 4.79 Å². The van der Waals surface area contributed by atoms with Crippen molar-refractivity contribution in [2.45, 2.75) is 40.0 Å². The number of fused-ring (bicyclic) bond motifs is 1. The molecule has 0 spiro atoms. The first-order valence-corrected chi connectivity index (χ1v) is 13.9. The molecule has 1 N–H and O–H groups in total. The summed E-state index contributed by atoms with van der Waals surface area (Å²) >= 11 is 0. The maximum Gasteiger partial charge on any atom is 0.247 e. The van der Waals surface area contributed by atoms with Gasteiger partial charge in [-0.15, -0.1) is 10.2 Å². The van der Waals surface area contributed by atoms with Crippen LogP contribution in [0.5, 0.6) is 0 Å². The van der Waals surface area contributed by atoms with E-state index < -0.39 is 0 Å². The summed E-state index contributed by atoms with van der Waals surface area (Å²) < 4.78 is 0. The van der Waals surface area contributed by atoms with E-state index in [2.05, 4.69) is 83.5 Å². The largest absolute Gasteiger partial charge is 0.323 e. The molecule has 1 fully saturated rings. The predicted molar refractivity (Wildman–Crippen MR) is 159 cm³/mol. The van der Waals surface area contributed by atoms with Gasteiger partial charge >= 0.3 is 0 Å². The van der Waals surface area contributed by atoms with Crippen LogP contribution in [-0.2, 0) is 0 Å². The van der Waals surface area contributed by atoms with Crippen LogP contribution in [0.25, 0.3) is 22.2 Å². The lowest BCUT2D eigenvalue weighted by Gasteiger charge is -2.32. The van der Waals surface area contributed by atoms with Gasteiger partial charge in [0.05, 0.1) is 5.52 Å². The number of nitrogens with one attached hydrogen (secondary N) is 1. The molecule has 0 atom stereocenters. The first-order chi connectivity index (χ1) is 18.9. The molecule has 0 radical (unpaired) electrons. The maximum absolute atomic E-state index is 12.9. The minimum Gasteiger partial charge on any atom is -0.323 e. The summed E-state index contributed by atoms with van der Waals surface area (Å²) in [5.74, 6) is 0.589. The number of anilines is 2. The highest BCUT2D eigenvalue weighted by Gasteiger charge is 2.14. The van der Waals surface area contributed by atoms with Gasteiger partial charge in [0.1, 0.15) is 5.52 Å². The molecule has 0 amide bonds. The van der Waals surface area contributed by atoms with Crippen molar-refractivity contribution in [1.82, 2.24) is 25.0 Å². The number of benzene rings is 3. The third kappa shape index (κ3) is 6.49. The number of rotatable bonds is 9. The van der Waals surface area contributed by atoms with Gasteiger partial charge in [-0.1, -0.05) is 30.3 Å². The molecule has 202 valence electrons. The third-order valence-electron chi connectivity index (χ3n) is 7.69. The number of carbonyl (C=O) groups is 1. The van der Waals surface area contributed by atoms with Gasteiger partial charge in [-0.2, -0.15) is 0 Å². The van der Waals surface area contributed by atoms with Crippen LogP contribution in [-0.4, -0.2) is 70.5 Å². The number of likely N-dealkylation sites (N-methyl/N-ethyl adjacent to an activating group) is 1. The van der Waals surface area contributed by atoms with Gasteiger partial charge in [-0.25, -0.2) is 4.98 Å². The normalized spacial score (nSPS) is 14.6. The van der Waals surface area contributed by atoms with E-state index >= 15 is 0 Å². The minimum atomic E-state index is 0.171. The van der Waals surface area contributed by atoms with E-state index in [4.69, 9.17) is 4.98 Å². The highest BCUT2D eigenvalue weighted by Crippen LogP contribution is 2.31. The Bertz CT molecular complexity index is 1460. The van der Waals surface area contributed by atoms with Crippen molar-refractivity contribution in [3.8, 4) is 11.1 Å². The Hall–Kier alpha value is -3.68. The van der Waals surface area contributed by atoms with E-state index in [1.807, 2.05) is 24.3 Å². The van der Waals surface area contributed by atoms with Crippen LogP contribution in [0.15, 0.2) is 54.6 Å². The molecule has 4 aromatic rings. The Morgan fingerprint density at radius 3 is 2.38 bits per heavy atom. The Balaban J connectivity index is 1.23. The molecule has 39 heavy (non-hydrogen) atoms. The van der Waals surface area contributed by atoms with Gasteiger partial charge in [-0.05, 0) is 99.3 Å². The zero-order chi connectivity index (χ0) is 27.4. The molecule has 0 aliphatic carbocycles. The standard InChI is InChI=1S/C32H38N6O/c1-22-9-7-10-23(2)30(22)26-19-24(3)31-28(21-26)35-36-32(34-31)33-27-12-8-11-25(20-27)29(39)13-5-6-14-38-17-15-37(4)16-18-38/h7-12,19-21H,5-6,13-18H2,1-4H3,(H,33,34,36). The summed E-state index contributed by atoms with van der Waals surface area (Å²) in [6.45, 7) is 11.9. The van der Waals surface area contributed by atoms with Crippen LogP contribution in [0, 0.1) is 20.8 Å². The first-order valence-electron chi connectivity index (χ1n) is 13.9. The Morgan fingerprint density at radius 2 is 1.62 bits per heavy atom. The molecule has 3 aromatic carbocycles. The van der Waals surface area contributed by atoms with Crippen molar-refractivity contribution in [2.24, 2.45) is 0 Å². The molecule has 1 aromatic heterocycles. The van der Waals surface area contributed by atoms with Crippen LogP contribution < -0.4 is 5.32 Å². The summed E-state index contributed by atoms with van der Waals surface area (Å²) in [6.07, 6.45) is 2.52. The lowest BCUT2D eigenvalue weighted by Crippen LogP contribution is -2.44. The van der Waals surface area contributed by atoms with Crippen LogP contribution in [0.4, 0.5) is 11.6 Å². The Labute approximate surface area is 231 Å². The smallest absolute Gasteiger partial charge is 0.247 e. The fraction of sp³-hybridized carbons (Fsp3) is 0.375. The minimum absolute atomic E-state index is 0.171. The zero-order valence-electron chi connectivity index (χ0n) is 23.5. The Morgan fingerprint density at radius 1 is 0.872 bits per heavy atom. The summed E-state index contributed by atoms with van der Waals surface area (Å²) in [6, 6.07) is 18.2. The van der Waals surface area contributed by atoms with E-state index in [1.54, 1.807) is 0 Å². The van der Waals surface area contributed by atoms with E-state index in [0.717, 1.165) is 73.4 Å². The number of hydrogen-bond donors (Lipinski definition) is 1. The number of aromatic nitrogens is 3. The predicted octanol–water partition coefficient (Wildman–Crippen LogP) is 5.96. The van der Waals surface area contributed by atoms with E-state index in [9.17, 15) is 4.79 Å². The molecule has 1 aliphatic rings. The maximum atomic E-state index is 12.9. The quantitative estimate of drug-likeness (QED) is 0.215. The number of hydrogen-bond acceptors (Lipinski definition) is 7. The molecule has 0 unspecified atom stereocenters. The van der Waals surface area contributed by atoms with Crippen LogP contribution >= 0.6 is 0 Å². The number of unbranched alkanes of at least 4 members (excludes halogenated alkanes) is 1. The van der Waals surface area contributed by atoms with Crippen LogP contribution in [0.3, 0.4) is 0 Å². The fourth-order valence-corrected chi connectivity index (χ4v) is 5.42. The van der Waals surface area contributed by atoms with Crippen molar-refractivity contribution >= 4 is 28.5 Å². The van der Waals surface area contributed by atoms with E-state index in [0.29, 0.717) is 17.9 Å². The fourth-order valence-electron chi connectivity index (χ4n) is 5.42. The molecular formula is C32H38N6O. The topological polar surface area (TPSA) is 74.2 Å². The second-order valence-corrected chi connectivity index (χ2v) is 10.8. The van der Waals surface area contributed by atoms with Crippen molar-refractivity contribution in [1.29, 1.82) is 0 Å². The molecule has 1 aliphatic heterocycles. The summed E-state index contributed by atoms with van der Waals surface area (Å²) in [5, 5.41) is 12.1. The van der Waals surface area contributed by atoms with Gasteiger partial charge < -0.3 is 15.1 Å². The molecule has 0 saturated carbocycles. The molecule has 1 saturated heterocycles. The van der Waals surface area contributed by atoms with Gasteiger partial charge in [0.15, 0.2) is 5.78 Å². The number of ketones is 1. The second-order valence-electron chi connectivity index (χ2n) is 10.8. The van der Waals surface area contributed by atoms with E-state index in [-0.39, 0.29) is 5.78 Å². The monoisotopic (exact) mass is 522 g/mol. The average Bonchev–Trinajstić information content (AvgIpc) is 2.92. The summed E-state index contributed by atoms with van der Waals surface area (Å²) in [5.41, 5.74) is 8.94. The Kier molecular flexibility index (Phi) is 8.29. The highest BCUT2D eigenvalue weighted by atomic mass is 16.1. The SMILES string of the molecule is Cc1cccc(C)c1-c1cc(C)c2nc(Nc3cccc(C(=O)CCCCN4CCN(C)CC4)c3)nnc2c1. The lowest BCUT2D eigenvalue weighted by atomic mass is 9.94. The van der Waals surface area contributed by atoms with Gasteiger partial charge in [-0.3, -0.25) is 4.79 Å². The number of carbonyl (C=O) groups excluding carboxylic acids is 1. The second kappa shape index (κ2) is 12.0. The first kappa shape index (κ1) is 26.9. The lowest BCUT2D eigenvalue weighted by molar-refractivity contribution is 0.0975. The summed E-state index contributed by atoms with van der Waals surface area (Å²) in [4.78, 5) is 22.5. The average molecular weight is 523 g/mol.